The molecule has 0 saturated heterocycles. The molecular weight excluding hydrogens is 454 g/mol. The van der Waals surface area contributed by atoms with Crippen molar-refractivity contribution < 1.29 is 0 Å². The summed E-state index contributed by atoms with van der Waals surface area (Å²) in [4.78, 5) is 26.1. The summed E-state index contributed by atoms with van der Waals surface area (Å²) < 4.78 is 3.06. The lowest BCUT2D eigenvalue weighted by Crippen LogP contribution is -2.17. The molecule has 4 heterocycles. The number of rotatable bonds is 6. The van der Waals surface area contributed by atoms with Crippen LogP contribution in [0.1, 0.15) is 23.7 Å². The molecule has 3 N–H and O–H groups in total. The predicted octanol–water partition coefficient (Wildman–Crippen LogP) is 3.41. The molecule has 0 radical (unpaired) electrons. The summed E-state index contributed by atoms with van der Waals surface area (Å²) in [6, 6.07) is 16.5. The third-order valence-electron chi connectivity index (χ3n) is 5.96. The van der Waals surface area contributed by atoms with E-state index in [1.807, 2.05) is 38.1 Å². The molecule has 5 aromatic rings. The number of pyridine rings is 2. The molecule has 178 valence electrons. The van der Waals surface area contributed by atoms with Crippen LogP contribution in [0.2, 0.25) is 0 Å². The van der Waals surface area contributed by atoms with Crippen molar-refractivity contribution in [2.24, 2.45) is 0 Å². The SMILES string of the molecule is CCn1cc(-c2c(-c3ccccc3C#N)nc(N)n3nc(NCc4ncccc4C)nc23)ccc1=O. The Morgan fingerprint density at radius 2 is 1.94 bits per heavy atom. The fraction of sp³-hybridized carbons (Fsp3) is 0.154. The normalized spacial score (nSPS) is 10.9. The number of nitrogen functional groups attached to an aromatic ring is 1. The van der Waals surface area contributed by atoms with Crippen LogP contribution < -0.4 is 16.6 Å². The summed E-state index contributed by atoms with van der Waals surface area (Å²) in [6.07, 6.45) is 3.50. The van der Waals surface area contributed by atoms with Gasteiger partial charge in [0, 0.05) is 36.1 Å². The number of hydrogen-bond acceptors (Lipinski definition) is 8. The highest BCUT2D eigenvalue weighted by Crippen LogP contribution is 2.36. The highest BCUT2D eigenvalue weighted by Gasteiger charge is 2.22. The van der Waals surface area contributed by atoms with Gasteiger partial charge in [-0.2, -0.15) is 14.8 Å². The second kappa shape index (κ2) is 9.31. The summed E-state index contributed by atoms with van der Waals surface area (Å²) in [5, 5.41) is 17.5. The Labute approximate surface area is 206 Å². The number of aryl methyl sites for hydroxylation is 2. The molecule has 0 atom stereocenters. The van der Waals surface area contributed by atoms with Gasteiger partial charge in [-0.3, -0.25) is 9.78 Å². The lowest BCUT2D eigenvalue weighted by atomic mass is 9.98. The maximum Gasteiger partial charge on any atom is 0.250 e. The first-order valence-corrected chi connectivity index (χ1v) is 11.4. The van der Waals surface area contributed by atoms with Gasteiger partial charge in [-0.05, 0) is 37.6 Å². The van der Waals surface area contributed by atoms with E-state index in [-0.39, 0.29) is 11.5 Å². The molecule has 0 unspecified atom stereocenters. The van der Waals surface area contributed by atoms with E-state index in [4.69, 9.17) is 10.7 Å². The van der Waals surface area contributed by atoms with Crippen molar-refractivity contribution in [3.05, 3.63) is 88.1 Å². The van der Waals surface area contributed by atoms with Crippen LogP contribution in [-0.4, -0.2) is 29.1 Å². The van der Waals surface area contributed by atoms with Gasteiger partial charge < -0.3 is 15.6 Å². The van der Waals surface area contributed by atoms with E-state index < -0.39 is 0 Å². The first-order chi connectivity index (χ1) is 17.5. The molecule has 10 heteroatoms. The van der Waals surface area contributed by atoms with Gasteiger partial charge in [0.1, 0.15) is 0 Å². The van der Waals surface area contributed by atoms with Crippen LogP contribution in [0.5, 0.6) is 0 Å². The maximum atomic E-state index is 12.3. The van der Waals surface area contributed by atoms with Gasteiger partial charge in [-0.1, -0.05) is 24.3 Å². The van der Waals surface area contributed by atoms with Gasteiger partial charge in [0.05, 0.1) is 35.1 Å². The second-order valence-electron chi connectivity index (χ2n) is 8.18. The minimum atomic E-state index is -0.116. The summed E-state index contributed by atoms with van der Waals surface area (Å²) >= 11 is 0. The number of anilines is 2. The molecule has 1 aromatic carbocycles. The number of nitrogens with two attached hydrogens (primary N) is 1. The third-order valence-corrected chi connectivity index (χ3v) is 5.96. The number of benzene rings is 1. The van der Waals surface area contributed by atoms with Gasteiger partial charge in [-0.25, -0.2) is 4.98 Å². The van der Waals surface area contributed by atoms with E-state index in [9.17, 15) is 10.1 Å². The van der Waals surface area contributed by atoms with Gasteiger partial charge in [0.2, 0.25) is 11.9 Å². The molecule has 0 amide bonds. The minimum Gasteiger partial charge on any atom is -0.368 e. The fourth-order valence-electron chi connectivity index (χ4n) is 4.07. The van der Waals surface area contributed by atoms with Crippen molar-refractivity contribution in [1.29, 1.82) is 5.26 Å². The molecule has 5 rings (SSSR count). The van der Waals surface area contributed by atoms with E-state index in [1.54, 1.807) is 35.2 Å². The molecule has 10 nitrogen and oxygen atoms in total. The van der Waals surface area contributed by atoms with Crippen molar-refractivity contribution in [2.75, 3.05) is 11.1 Å². The maximum absolute atomic E-state index is 12.3. The van der Waals surface area contributed by atoms with Gasteiger partial charge in [-0.15, -0.1) is 5.10 Å². The van der Waals surface area contributed by atoms with E-state index in [0.29, 0.717) is 52.6 Å². The molecule has 0 aliphatic heterocycles. The predicted molar refractivity (Wildman–Crippen MR) is 137 cm³/mol. The molecule has 0 bridgehead atoms. The molecule has 0 aliphatic rings. The number of nitriles is 1. The average molecular weight is 478 g/mol. The van der Waals surface area contributed by atoms with Crippen molar-refractivity contribution in [1.82, 2.24) is 29.1 Å². The van der Waals surface area contributed by atoms with Crippen LogP contribution in [0.3, 0.4) is 0 Å². The molecular formula is C26H23N9O. The molecule has 0 fully saturated rings. The summed E-state index contributed by atoms with van der Waals surface area (Å²) in [7, 11) is 0. The van der Waals surface area contributed by atoms with E-state index in [2.05, 4.69) is 26.5 Å². The number of hydrogen-bond donors (Lipinski definition) is 2. The first-order valence-electron chi connectivity index (χ1n) is 11.4. The Hall–Kier alpha value is -5.04. The lowest BCUT2D eigenvalue weighted by Gasteiger charge is -2.14. The van der Waals surface area contributed by atoms with Crippen LogP contribution in [0.15, 0.2) is 65.7 Å². The fourth-order valence-corrected chi connectivity index (χ4v) is 4.07. The van der Waals surface area contributed by atoms with Gasteiger partial charge in [0.25, 0.3) is 5.56 Å². The highest BCUT2D eigenvalue weighted by atomic mass is 16.1. The molecule has 0 spiro atoms. The topological polar surface area (TPSA) is 140 Å². The highest BCUT2D eigenvalue weighted by molar-refractivity contribution is 5.92. The molecule has 36 heavy (non-hydrogen) atoms. The summed E-state index contributed by atoms with van der Waals surface area (Å²) in [5.74, 6) is 0.471. The Morgan fingerprint density at radius 1 is 1.11 bits per heavy atom. The zero-order chi connectivity index (χ0) is 25.2. The largest absolute Gasteiger partial charge is 0.368 e. The van der Waals surface area contributed by atoms with Crippen LogP contribution in [0.4, 0.5) is 11.9 Å². The zero-order valence-electron chi connectivity index (χ0n) is 19.8. The second-order valence-corrected chi connectivity index (χ2v) is 8.18. The Balaban J connectivity index is 1.73. The van der Waals surface area contributed by atoms with Crippen LogP contribution in [0, 0.1) is 18.3 Å². The molecule has 0 aliphatic carbocycles. The Morgan fingerprint density at radius 3 is 2.72 bits per heavy atom. The average Bonchev–Trinajstić information content (AvgIpc) is 3.33. The molecule has 0 saturated carbocycles. The number of fused-ring (bicyclic) bond motifs is 1. The van der Waals surface area contributed by atoms with Crippen molar-refractivity contribution in [3.63, 3.8) is 0 Å². The quantitative estimate of drug-likeness (QED) is 0.379. The smallest absolute Gasteiger partial charge is 0.250 e. The summed E-state index contributed by atoms with van der Waals surface area (Å²) in [5.41, 5.74) is 11.4. The number of nitrogens with zero attached hydrogens (tertiary/aromatic N) is 7. The standard InChI is InChI=1S/C26H23N9O/c1-3-34-15-18(10-11-21(34)36)22-23(19-9-5-4-8-17(19)13-27)31-25(28)35-24(22)32-26(33-35)30-14-20-16(2)7-6-12-29-20/h4-12,15H,3,14H2,1-2H3,(H2,28,31)(H,30,33). The molecule has 4 aromatic heterocycles. The monoisotopic (exact) mass is 477 g/mol. The van der Waals surface area contributed by atoms with E-state index in [0.717, 1.165) is 11.3 Å². The van der Waals surface area contributed by atoms with Gasteiger partial charge >= 0.3 is 0 Å². The van der Waals surface area contributed by atoms with E-state index >= 15 is 0 Å². The van der Waals surface area contributed by atoms with Crippen LogP contribution in [0.25, 0.3) is 28.0 Å². The van der Waals surface area contributed by atoms with Gasteiger partial charge in [0.15, 0.2) is 5.65 Å². The lowest BCUT2D eigenvalue weighted by molar-refractivity contribution is 0.728. The third kappa shape index (κ3) is 4.03. The van der Waals surface area contributed by atoms with Crippen molar-refractivity contribution in [3.8, 4) is 28.5 Å². The minimum absolute atomic E-state index is 0.116. The number of aromatic nitrogens is 6. The van der Waals surface area contributed by atoms with E-state index in [1.165, 1.54) is 10.6 Å². The van der Waals surface area contributed by atoms with Crippen molar-refractivity contribution >= 4 is 17.5 Å². The Kier molecular flexibility index (Phi) is 5.88. The van der Waals surface area contributed by atoms with Crippen LogP contribution >= 0.6 is 0 Å². The van der Waals surface area contributed by atoms with Crippen LogP contribution in [-0.2, 0) is 13.1 Å². The first kappa shape index (κ1) is 22.7. The summed E-state index contributed by atoms with van der Waals surface area (Å²) in [6.45, 7) is 4.81. The van der Waals surface area contributed by atoms with Crippen molar-refractivity contribution in [2.45, 2.75) is 26.9 Å². The Bertz CT molecular complexity index is 1690. The zero-order valence-corrected chi connectivity index (χ0v) is 19.8. The number of nitrogens with one attached hydrogen (secondary N) is 1.